The monoisotopic (exact) mass is 230 g/mol. The molecule has 0 spiro atoms. The molecular formula is C12H22O4. The Labute approximate surface area is 96.7 Å². The summed E-state index contributed by atoms with van der Waals surface area (Å²) in [6.45, 7) is 3.31. The van der Waals surface area contributed by atoms with E-state index < -0.39 is 12.0 Å². The number of rotatable bonds is 9. The molecule has 0 aromatic heterocycles. The van der Waals surface area contributed by atoms with E-state index in [1.165, 1.54) is 6.92 Å². The molecule has 4 heteroatoms. The highest BCUT2D eigenvalue weighted by atomic mass is 16.3. The third kappa shape index (κ3) is 5.37. The number of Topliss-reactive ketones (excluding diaryl/α,β-unsaturated/α-hetero) is 2. The molecule has 0 saturated heterocycles. The maximum Gasteiger partial charge on any atom is 0.162 e. The smallest absolute Gasteiger partial charge is 0.162 e. The Bertz CT molecular complexity index is 225. The molecule has 94 valence electrons. The second-order valence-electron chi connectivity index (χ2n) is 4.07. The lowest BCUT2D eigenvalue weighted by Crippen LogP contribution is -2.33. The van der Waals surface area contributed by atoms with Crippen molar-refractivity contribution in [2.24, 2.45) is 5.92 Å². The van der Waals surface area contributed by atoms with Crippen LogP contribution in [0, 0.1) is 5.92 Å². The number of carbonyl (C=O) groups excluding carboxylic acids is 2. The highest BCUT2D eigenvalue weighted by Crippen LogP contribution is 2.14. The fraction of sp³-hybridized carbons (Fsp3) is 0.833. The first-order chi connectivity index (χ1) is 7.54. The highest BCUT2D eigenvalue weighted by Gasteiger charge is 2.27. The van der Waals surface area contributed by atoms with Crippen LogP contribution in [0.4, 0.5) is 0 Å². The lowest BCUT2D eigenvalue weighted by atomic mass is 9.91. The van der Waals surface area contributed by atoms with Gasteiger partial charge in [-0.25, -0.2) is 0 Å². The molecule has 0 aromatic carbocycles. The van der Waals surface area contributed by atoms with Crippen LogP contribution in [-0.2, 0) is 9.59 Å². The molecule has 0 bridgehead atoms. The number of aliphatic hydroxyl groups excluding tert-OH is 2. The van der Waals surface area contributed by atoms with Gasteiger partial charge in [-0.2, -0.15) is 0 Å². The van der Waals surface area contributed by atoms with Gasteiger partial charge < -0.3 is 10.2 Å². The molecule has 2 N–H and O–H groups in total. The molecule has 0 heterocycles. The number of ketones is 2. The second kappa shape index (κ2) is 8.42. The molecule has 0 fully saturated rings. The standard InChI is InChI=1S/C12H22O4/c1-3-10(9(2)14)12(16)11(15)7-5-4-6-8-13/h10,12-13,16H,3-8H2,1-2H3. The van der Waals surface area contributed by atoms with E-state index in [4.69, 9.17) is 5.11 Å². The van der Waals surface area contributed by atoms with Crippen LogP contribution < -0.4 is 0 Å². The van der Waals surface area contributed by atoms with Gasteiger partial charge in [-0.15, -0.1) is 0 Å². The van der Waals surface area contributed by atoms with Gasteiger partial charge in [0, 0.05) is 13.0 Å². The van der Waals surface area contributed by atoms with Crippen LogP contribution in [0.1, 0.15) is 46.0 Å². The molecule has 0 saturated carbocycles. The highest BCUT2D eigenvalue weighted by molar-refractivity contribution is 5.90. The number of aliphatic hydroxyl groups is 2. The summed E-state index contributed by atoms with van der Waals surface area (Å²) in [5.41, 5.74) is 0. The Balaban J connectivity index is 4.01. The van der Waals surface area contributed by atoms with Crippen molar-refractivity contribution in [2.75, 3.05) is 6.61 Å². The minimum absolute atomic E-state index is 0.127. The van der Waals surface area contributed by atoms with Crippen LogP contribution in [0.5, 0.6) is 0 Å². The average Bonchev–Trinajstić information content (AvgIpc) is 2.24. The Kier molecular flexibility index (Phi) is 8.03. The van der Waals surface area contributed by atoms with E-state index in [2.05, 4.69) is 0 Å². The Morgan fingerprint density at radius 3 is 2.25 bits per heavy atom. The molecule has 0 aliphatic heterocycles. The van der Waals surface area contributed by atoms with Gasteiger partial charge in [0.25, 0.3) is 0 Å². The van der Waals surface area contributed by atoms with Crippen molar-refractivity contribution in [2.45, 2.75) is 52.1 Å². The van der Waals surface area contributed by atoms with Crippen LogP contribution in [0.3, 0.4) is 0 Å². The first-order valence-corrected chi connectivity index (χ1v) is 5.86. The molecule has 2 unspecified atom stereocenters. The number of hydrogen-bond donors (Lipinski definition) is 2. The van der Waals surface area contributed by atoms with Gasteiger partial charge >= 0.3 is 0 Å². The predicted molar refractivity (Wildman–Crippen MR) is 61.0 cm³/mol. The van der Waals surface area contributed by atoms with Crippen molar-refractivity contribution >= 4 is 11.6 Å². The minimum atomic E-state index is -1.16. The fourth-order valence-corrected chi connectivity index (χ4v) is 1.69. The van der Waals surface area contributed by atoms with Crippen LogP contribution in [0.15, 0.2) is 0 Å². The Morgan fingerprint density at radius 2 is 1.81 bits per heavy atom. The maximum absolute atomic E-state index is 11.5. The molecular weight excluding hydrogens is 208 g/mol. The molecule has 4 nitrogen and oxygen atoms in total. The summed E-state index contributed by atoms with van der Waals surface area (Å²) in [5.74, 6) is -0.968. The molecule has 0 amide bonds. The van der Waals surface area contributed by atoms with Gasteiger partial charge in [0.15, 0.2) is 5.78 Å². The summed E-state index contributed by atoms with van der Waals surface area (Å²) in [5, 5.41) is 18.2. The third-order valence-corrected chi connectivity index (χ3v) is 2.75. The zero-order valence-electron chi connectivity index (χ0n) is 10.1. The van der Waals surface area contributed by atoms with E-state index in [9.17, 15) is 14.7 Å². The Hall–Kier alpha value is -0.740. The lowest BCUT2D eigenvalue weighted by molar-refractivity contribution is -0.136. The zero-order valence-corrected chi connectivity index (χ0v) is 10.1. The van der Waals surface area contributed by atoms with E-state index in [0.29, 0.717) is 19.3 Å². The molecule has 2 atom stereocenters. The van der Waals surface area contributed by atoms with Gasteiger partial charge in [-0.1, -0.05) is 13.3 Å². The normalized spacial score (nSPS) is 14.5. The summed E-state index contributed by atoms with van der Waals surface area (Å²) in [4.78, 5) is 22.7. The minimum Gasteiger partial charge on any atom is -0.396 e. The van der Waals surface area contributed by atoms with Crippen LogP contribution >= 0.6 is 0 Å². The first-order valence-electron chi connectivity index (χ1n) is 5.86. The second-order valence-corrected chi connectivity index (χ2v) is 4.07. The molecule has 0 aromatic rings. The maximum atomic E-state index is 11.5. The van der Waals surface area contributed by atoms with Crippen molar-refractivity contribution in [3.63, 3.8) is 0 Å². The van der Waals surface area contributed by atoms with Gasteiger partial charge in [-0.3, -0.25) is 9.59 Å². The number of unbranched alkanes of at least 4 members (excludes halogenated alkanes) is 2. The lowest BCUT2D eigenvalue weighted by Gasteiger charge is -2.17. The van der Waals surface area contributed by atoms with E-state index in [1.807, 2.05) is 0 Å². The van der Waals surface area contributed by atoms with Crippen molar-refractivity contribution in [3.05, 3.63) is 0 Å². The summed E-state index contributed by atoms with van der Waals surface area (Å²) in [6, 6.07) is 0. The molecule has 0 aliphatic rings. The number of hydrogen-bond acceptors (Lipinski definition) is 4. The van der Waals surface area contributed by atoms with E-state index in [1.54, 1.807) is 6.92 Å². The zero-order chi connectivity index (χ0) is 12.6. The molecule has 0 rings (SSSR count). The topological polar surface area (TPSA) is 74.6 Å². The number of carbonyl (C=O) groups is 2. The summed E-state index contributed by atoms with van der Waals surface area (Å²) < 4.78 is 0. The van der Waals surface area contributed by atoms with Gasteiger partial charge in [0.2, 0.25) is 0 Å². The van der Waals surface area contributed by atoms with Crippen molar-refractivity contribution < 1.29 is 19.8 Å². The van der Waals surface area contributed by atoms with Crippen LogP contribution in [0.2, 0.25) is 0 Å². The predicted octanol–water partition coefficient (Wildman–Crippen LogP) is 1.08. The van der Waals surface area contributed by atoms with Gasteiger partial charge in [0.1, 0.15) is 11.9 Å². The van der Waals surface area contributed by atoms with Gasteiger partial charge in [-0.05, 0) is 26.2 Å². The average molecular weight is 230 g/mol. The molecule has 16 heavy (non-hydrogen) atoms. The fourth-order valence-electron chi connectivity index (χ4n) is 1.69. The van der Waals surface area contributed by atoms with Crippen LogP contribution in [-0.4, -0.2) is 34.5 Å². The van der Waals surface area contributed by atoms with Crippen molar-refractivity contribution in [1.82, 2.24) is 0 Å². The van der Waals surface area contributed by atoms with Crippen LogP contribution in [0.25, 0.3) is 0 Å². The third-order valence-electron chi connectivity index (χ3n) is 2.75. The van der Waals surface area contributed by atoms with Gasteiger partial charge in [0.05, 0.1) is 5.92 Å². The summed E-state index contributed by atoms with van der Waals surface area (Å²) in [6.07, 6.45) is 1.71. The summed E-state index contributed by atoms with van der Waals surface area (Å²) in [7, 11) is 0. The molecule has 0 aliphatic carbocycles. The molecule has 0 radical (unpaired) electrons. The van der Waals surface area contributed by atoms with E-state index in [0.717, 1.165) is 6.42 Å². The summed E-state index contributed by atoms with van der Waals surface area (Å²) >= 11 is 0. The van der Waals surface area contributed by atoms with E-state index >= 15 is 0 Å². The quantitative estimate of drug-likeness (QED) is 0.581. The first kappa shape index (κ1) is 15.3. The van der Waals surface area contributed by atoms with Crippen molar-refractivity contribution in [1.29, 1.82) is 0 Å². The SMILES string of the molecule is CCC(C(C)=O)C(O)C(=O)CCCCCO. The van der Waals surface area contributed by atoms with E-state index in [-0.39, 0.29) is 24.6 Å². The Morgan fingerprint density at radius 1 is 1.19 bits per heavy atom. The largest absolute Gasteiger partial charge is 0.396 e. The van der Waals surface area contributed by atoms with Crippen molar-refractivity contribution in [3.8, 4) is 0 Å².